The Bertz CT molecular complexity index is 746. The Morgan fingerprint density at radius 1 is 1.04 bits per heavy atom. The van der Waals surface area contributed by atoms with Crippen LogP contribution >= 0.6 is 0 Å². The van der Waals surface area contributed by atoms with Gasteiger partial charge in [0.1, 0.15) is 12.2 Å². The van der Waals surface area contributed by atoms with Gasteiger partial charge >= 0.3 is 0 Å². The number of para-hydroxylation sites is 1. The number of hydrogen-bond donors (Lipinski definition) is 2. The Labute approximate surface area is 148 Å². The van der Waals surface area contributed by atoms with Gasteiger partial charge in [-0.15, -0.1) is 0 Å². The lowest BCUT2D eigenvalue weighted by Gasteiger charge is -2.35. The van der Waals surface area contributed by atoms with E-state index in [2.05, 4.69) is 62.8 Å². The van der Waals surface area contributed by atoms with Crippen LogP contribution in [0.25, 0.3) is 0 Å². The van der Waals surface area contributed by atoms with Crippen LogP contribution in [0.4, 0.5) is 11.4 Å². The first-order valence-electron chi connectivity index (χ1n) is 8.62. The lowest BCUT2D eigenvalue weighted by atomic mass is 10.0. The van der Waals surface area contributed by atoms with Gasteiger partial charge in [-0.2, -0.15) is 5.43 Å². The summed E-state index contributed by atoms with van der Waals surface area (Å²) in [5.41, 5.74) is 11.2. The number of aryl methyl sites for hydroxylation is 2. The van der Waals surface area contributed by atoms with Crippen molar-refractivity contribution in [2.75, 3.05) is 10.3 Å². The molecule has 3 rings (SSSR count). The lowest BCUT2D eigenvalue weighted by Crippen LogP contribution is -2.51. The van der Waals surface area contributed by atoms with Crippen molar-refractivity contribution in [2.45, 2.75) is 39.9 Å². The number of aromatic nitrogens is 1. The summed E-state index contributed by atoms with van der Waals surface area (Å²) < 4.78 is 0. The molecule has 2 aromatic rings. The van der Waals surface area contributed by atoms with E-state index in [9.17, 15) is 0 Å². The average molecular weight is 336 g/mol. The standard InChI is InChI=1S/C19H24N6/c1-4-15-7-6-8-16(5-2)18(15)25-14(3)21-13-22-19(25)24-23-17-9-11-20-12-10-17/h6-13,19,24H,4-5H2,1-3H3,(H,20,23). The first-order valence-corrected chi connectivity index (χ1v) is 8.62. The Balaban J connectivity index is 1.92. The molecule has 0 bridgehead atoms. The Hall–Kier alpha value is -2.73. The van der Waals surface area contributed by atoms with Crippen LogP contribution < -0.4 is 15.8 Å². The second-order valence-electron chi connectivity index (χ2n) is 5.82. The van der Waals surface area contributed by atoms with E-state index in [0.29, 0.717) is 0 Å². The summed E-state index contributed by atoms with van der Waals surface area (Å²) >= 11 is 0. The van der Waals surface area contributed by atoms with Gasteiger partial charge < -0.3 is 5.43 Å². The third-order valence-corrected chi connectivity index (χ3v) is 4.28. The molecule has 0 aliphatic carbocycles. The van der Waals surface area contributed by atoms with E-state index in [4.69, 9.17) is 0 Å². The van der Waals surface area contributed by atoms with Crippen LogP contribution in [0.5, 0.6) is 0 Å². The van der Waals surface area contributed by atoms with Crippen molar-refractivity contribution < 1.29 is 0 Å². The minimum absolute atomic E-state index is 0.274. The minimum Gasteiger partial charge on any atom is -0.318 e. The highest BCUT2D eigenvalue weighted by Crippen LogP contribution is 2.29. The van der Waals surface area contributed by atoms with Crippen molar-refractivity contribution in [2.24, 2.45) is 9.98 Å². The number of amidine groups is 1. The molecule has 1 unspecified atom stereocenters. The molecule has 0 amide bonds. The van der Waals surface area contributed by atoms with Crippen molar-refractivity contribution in [3.63, 3.8) is 0 Å². The summed E-state index contributed by atoms with van der Waals surface area (Å²) in [6.07, 6.45) is 6.75. The first-order chi connectivity index (χ1) is 12.2. The number of nitrogens with zero attached hydrogens (tertiary/aromatic N) is 4. The first kappa shape index (κ1) is 17.1. The quantitative estimate of drug-likeness (QED) is 0.794. The molecule has 0 saturated heterocycles. The summed E-state index contributed by atoms with van der Waals surface area (Å²) in [4.78, 5) is 15.1. The summed E-state index contributed by atoms with van der Waals surface area (Å²) in [7, 11) is 0. The number of aliphatic imine (C=N–C) groups is 2. The number of anilines is 2. The molecule has 1 aliphatic rings. The molecule has 6 nitrogen and oxygen atoms in total. The normalized spacial score (nSPS) is 16.7. The van der Waals surface area contributed by atoms with Crippen LogP contribution in [0.1, 0.15) is 31.9 Å². The van der Waals surface area contributed by atoms with E-state index in [1.165, 1.54) is 16.8 Å². The van der Waals surface area contributed by atoms with Crippen molar-refractivity contribution >= 4 is 23.5 Å². The van der Waals surface area contributed by atoms with Crippen LogP contribution in [0.15, 0.2) is 52.7 Å². The van der Waals surface area contributed by atoms with E-state index in [1.807, 2.05) is 19.1 Å². The van der Waals surface area contributed by atoms with Crippen LogP contribution in [0.2, 0.25) is 0 Å². The van der Waals surface area contributed by atoms with Gasteiger partial charge in [0.25, 0.3) is 0 Å². The molecule has 1 aromatic carbocycles. The molecule has 6 heteroatoms. The Morgan fingerprint density at radius 2 is 1.72 bits per heavy atom. The monoisotopic (exact) mass is 336 g/mol. The zero-order valence-corrected chi connectivity index (χ0v) is 14.9. The van der Waals surface area contributed by atoms with Crippen LogP contribution in [-0.4, -0.2) is 23.4 Å². The number of hydrazine groups is 1. The third kappa shape index (κ3) is 3.69. The Kier molecular flexibility index (Phi) is 5.40. The minimum atomic E-state index is -0.274. The van der Waals surface area contributed by atoms with Gasteiger partial charge in [-0.05, 0) is 43.0 Å². The summed E-state index contributed by atoms with van der Waals surface area (Å²) in [5.74, 6) is 0.916. The second-order valence-corrected chi connectivity index (χ2v) is 5.82. The highest BCUT2D eigenvalue weighted by molar-refractivity contribution is 6.02. The number of benzene rings is 1. The van der Waals surface area contributed by atoms with Crippen molar-refractivity contribution in [1.29, 1.82) is 0 Å². The predicted molar refractivity (Wildman–Crippen MR) is 104 cm³/mol. The van der Waals surface area contributed by atoms with Crippen molar-refractivity contribution in [1.82, 2.24) is 10.4 Å². The van der Waals surface area contributed by atoms with Gasteiger partial charge in [-0.25, -0.2) is 9.98 Å². The second kappa shape index (κ2) is 7.90. The largest absolute Gasteiger partial charge is 0.318 e. The van der Waals surface area contributed by atoms with Gasteiger partial charge in [0.05, 0.1) is 11.4 Å². The molecule has 25 heavy (non-hydrogen) atoms. The fourth-order valence-electron chi connectivity index (χ4n) is 2.98. The summed E-state index contributed by atoms with van der Waals surface area (Å²) in [5, 5.41) is 0. The highest BCUT2D eigenvalue weighted by atomic mass is 15.5. The fraction of sp³-hybridized carbons (Fsp3) is 0.316. The summed E-state index contributed by atoms with van der Waals surface area (Å²) in [6, 6.07) is 10.3. The number of rotatable bonds is 6. The van der Waals surface area contributed by atoms with E-state index in [0.717, 1.165) is 24.4 Å². The molecule has 1 atom stereocenters. The van der Waals surface area contributed by atoms with E-state index in [1.54, 1.807) is 18.7 Å². The molecule has 0 spiro atoms. The van der Waals surface area contributed by atoms with Gasteiger partial charge in [0, 0.05) is 12.4 Å². The van der Waals surface area contributed by atoms with E-state index >= 15 is 0 Å². The van der Waals surface area contributed by atoms with Crippen LogP contribution in [0, 0.1) is 0 Å². The number of pyridine rings is 1. The van der Waals surface area contributed by atoms with Crippen molar-refractivity contribution in [3.8, 4) is 0 Å². The maximum absolute atomic E-state index is 4.53. The maximum Gasteiger partial charge on any atom is 0.199 e. The van der Waals surface area contributed by atoms with Gasteiger partial charge in [0.15, 0.2) is 6.29 Å². The predicted octanol–water partition coefficient (Wildman–Crippen LogP) is 3.37. The van der Waals surface area contributed by atoms with Gasteiger partial charge in [-0.1, -0.05) is 32.0 Å². The van der Waals surface area contributed by atoms with Crippen molar-refractivity contribution in [3.05, 3.63) is 53.9 Å². The number of hydrogen-bond acceptors (Lipinski definition) is 6. The molecule has 0 fully saturated rings. The molecular formula is C19H24N6. The fourth-order valence-corrected chi connectivity index (χ4v) is 2.98. The van der Waals surface area contributed by atoms with Gasteiger partial charge in [-0.3, -0.25) is 9.88 Å². The zero-order chi connectivity index (χ0) is 17.6. The Morgan fingerprint density at radius 3 is 2.36 bits per heavy atom. The smallest absolute Gasteiger partial charge is 0.199 e. The molecule has 2 N–H and O–H groups in total. The molecule has 0 radical (unpaired) electrons. The molecule has 0 saturated carbocycles. The molecule has 130 valence electrons. The third-order valence-electron chi connectivity index (χ3n) is 4.28. The number of nitrogens with one attached hydrogen (secondary N) is 2. The highest BCUT2D eigenvalue weighted by Gasteiger charge is 2.26. The summed E-state index contributed by atoms with van der Waals surface area (Å²) in [6.45, 7) is 6.36. The van der Waals surface area contributed by atoms with Crippen LogP contribution in [-0.2, 0) is 12.8 Å². The van der Waals surface area contributed by atoms with E-state index in [-0.39, 0.29) is 6.29 Å². The molecule has 1 aromatic heterocycles. The van der Waals surface area contributed by atoms with E-state index < -0.39 is 0 Å². The molecular weight excluding hydrogens is 312 g/mol. The van der Waals surface area contributed by atoms with Gasteiger partial charge in [0.2, 0.25) is 0 Å². The van der Waals surface area contributed by atoms with Crippen LogP contribution in [0.3, 0.4) is 0 Å². The molecule has 2 heterocycles. The SMILES string of the molecule is CCc1cccc(CC)c1N1C(C)=NC=NC1NNc1ccncc1. The average Bonchev–Trinajstić information content (AvgIpc) is 2.66. The molecule has 1 aliphatic heterocycles. The lowest BCUT2D eigenvalue weighted by molar-refractivity contribution is 0.592. The zero-order valence-electron chi connectivity index (χ0n) is 14.9. The topological polar surface area (TPSA) is 64.9 Å². The maximum atomic E-state index is 4.53.